The summed E-state index contributed by atoms with van der Waals surface area (Å²) in [6.45, 7) is 3.04. The molecule has 2 rings (SSSR count). The summed E-state index contributed by atoms with van der Waals surface area (Å²) in [4.78, 5) is 25.4. The predicted molar refractivity (Wildman–Crippen MR) is 94.0 cm³/mol. The third kappa shape index (κ3) is 4.90. The number of nitrogen functional groups attached to an aromatic ring is 1. The lowest BCUT2D eigenvalue weighted by Gasteiger charge is -2.33. The lowest BCUT2D eigenvalue weighted by atomic mass is 10.1. The fraction of sp³-hybridized carbons (Fsp3) is 0.467. The molecule has 1 aliphatic rings. The molecule has 9 heteroatoms. The van der Waals surface area contributed by atoms with Crippen LogP contribution in [0.15, 0.2) is 12.1 Å². The Morgan fingerprint density at radius 1 is 1.50 bits per heavy atom. The molecule has 0 radical (unpaired) electrons. The normalized spacial score (nSPS) is 17.0. The summed E-state index contributed by atoms with van der Waals surface area (Å²) in [7, 11) is 1.47. The van der Waals surface area contributed by atoms with Crippen LogP contribution in [0.2, 0.25) is 5.02 Å². The van der Waals surface area contributed by atoms with Gasteiger partial charge in [-0.1, -0.05) is 11.6 Å². The van der Waals surface area contributed by atoms with Crippen LogP contribution in [0.3, 0.4) is 0 Å². The van der Waals surface area contributed by atoms with Gasteiger partial charge in [-0.05, 0) is 6.07 Å². The number of nitrogens with two attached hydrogens (primary N) is 1. The second kappa shape index (κ2) is 8.96. The number of carbonyl (C=O) groups is 2. The molecule has 0 bridgehead atoms. The van der Waals surface area contributed by atoms with Gasteiger partial charge in [-0.15, -0.1) is 12.4 Å². The molecule has 1 atom stereocenters. The van der Waals surface area contributed by atoms with Gasteiger partial charge in [0.1, 0.15) is 5.75 Å². The van der Waals surface area contributed by atoms with E-state index in [1.165, 1.54) is 26.2 Å². The quantitative estimate of drug-likeness (QED) is 0.771. The summed E-state index contributed by atoms with van der Waals surface area (Å²) in [5, 5.41) is 2.99. The van der Waals surface area contributed by atoms with Crippen molar-refractivity contribution in [2.45, 2.75) is 13.0 Å². The summed E-state index contributed by atoms with van der Waals surface area (Å²) < 4.78 is 10.8. The Hall–Kier alpha value is -1.70. The van der Waals surface area contributed by atoms with Crippen LogP contribution in [0.4, 0.5) is 5.69 Å². The topological polar surface area (TPSA) is 93.9 Å². The number of nitrogens with zero attached hydrogens (tertiary/aromatic N) is 1. The zero-order valence-electron chi connectivity index (χ0n) is 13.5. The van der Waals surface area contributed by atoms with Crippen LogP contribution in [0.1, 0.15) is 17.3 Å². The van der Waals surface area contributed by atoms with Crippen molar-refractivity contribution in [2.24, 2.45) is 0 Å². The molecule has 24 heavy (non-hydrogen) atoms. The van der Waals surface area contributed by atoms with Gasteiger partial charge in [-0.25, -0.2) is 0 Å². The van der Waals surface area contributed by atoms with Gasteiger partial charge in [-0.3, -0.25) is 9.59 Å². The highest BCUT2D eigenvalue weighted by Gasteiger charge is 2.27. The van der Waals surface area contributed by atoms with Gasteiger partial charge in [-0.2, -0.15) is 0 Å². The number of amides is 2. The first-order valence-electron chi connectivity index (χ1n) is 7.20. The SMILES string of the molecule is COc1cc(N)c(Cl)cc1C(=O)N1CCOC(CNC(C)=O)C1.Cl. The lowest BCUT2D eigenvalue weighted by Crippen LogP contribution is -2.49. The molecule has 134 valence electrons. The molecule has 1 aromatic carbocycles. The van der Waals surface area contributed by atoms with Gasteiger partial charge >= 0.3 is 0 Å². The third-order valence-electron chi connectivity index (χ3n) is 3.55. The Kier molecular flexibility index (Phi) is 7.59. The zero-order valence-corrected chi connectivity index (χ0v) is 15.1. The minimum absolute atomic E-state index is 0. The average molecular weight is 378 g/mol. The molecule has 3 N–H and O–H groups in total. The van der Waals surface area contributed by atoms with E-state index in [1.807, 2.05) is 0 Å². The van der Waals surface area contributed by atoms with Crippen molar-refractivity contribution in [3.05, 3.63) is 22.7 Å². The van der Waals surface area contributed by atoms with E-state index in [0.29, 0.717) is 48.3 Å². The first kappa shape index (κ1) is 20.3. The maximum absolute atomic E-state index is 12.7. The van der Waals surface area contributed by atoms with E-state index < -0.39 is 0 Å². The van der Waals surface area contributed by atoms with E-state index in [2.05, 4.69) is 5.32 Å². The number of halogens is 2. The van der Waals surface area contributed by atoms with Crippen LogP contribution >= 0.6 is 24.0 Å². The maximum Gasteiger partial charge on any atom is 0.257 e. The molecule has 1 heterocycles. The molecule has 0 spiro atoms. The second-order valence-electron chi connectivity index (χ2n) is 5.26. The van der Waals surface area contributed by atoms with Gasteiger partial charge in [0.2, 0.25) is 5.91 Å². The fourth-order valence-corrected chi connectivity index (χ4v) is 2.52. The number of hydrogen-bond acceptors (Lipinski definition) is 5. The molecule has 0 saturated carbocycles. The number of morpholine rings is 1. The monoisotopic (exact) mass is 377 g/mol. The van der Waals surface area contributed by atoms with Gasteiger partial charge in [0.05, 0.1) is 36.1 Å². The highest BCUT2D eigenvalue weighted by atomic mass is 35.5. The van der Waals surface area contributed by atoms with Crippen molar-refractivity contribution in [3.8, 4) is 5.75 Å². The first-order valence-corrected chi connectivity index (χ1v) is 7.58. The number of methoxy groups -OCH3 is 1. The molecule has 1 fully saturated rings. The van der Waals surface area contributed by atoms with E-state index >= 15 is 0 Å². The number of nitrogens with one attached hydrogen (secondary N) is 1. The average Bonchev–Trinajstić information content (AvgIpc) is 2.54. The number of benzene rings is 1. The van der Waals surface area contributed by atoms with Crippen molar-refractivity contribution in [1.29, 1.82) is 0 Å². The largest absolute Gasteiger partial charge is 0.496 e. The Morgan fingerprint density at radius 2 is 2.21 bits per heavy atom. The predicted octanol–water partition coefficient (Wildman–Crippen LogP) is 1.33. The summed E-state index contributed by atoms with van der Waals surface area (Å²) in [5.41, 5.74) is 6.44. The first-order chi connectivity index (χ1) is 10.9. The van der Waals surface area contributed by atoms with Crippen molar-refractivity contribution >= 4 is 41.5 Å². The Bertz CT molecular complexity index is 613. The van der Waals surface area contributed by atoms with Crippen molar-refractivity contribution < 1.29 is 19.1 Å². The van der Waals surface area contributed by atoms with Gasteiger partial charge in [0.25, 0.3) is 5.91 Å². The third-order valence-corrected chi connectivity index (χ3v) is 3.88. The minimum Gasteiger partial charge on any atom is -0.496 e. The molecule has 1 saturated heterocycles. The minimum atomic E-state index is -0.244. The van der Waals surface area contributed by atoms with Crippen LogP contribution in [-0.4, -0.2) is 56.2 Å². The second-order valence-corrected chi connectivity index (χ2v) is 5.66. The molecule has 1 unspecified atom stereocenters. The fourth-order valence-electron chi connectivity index (χ4n) is 2.36. The van der Waals surface area contributed by atoms with Crippen molar-refractivity contribution in [2.75, 3.05) is 39.1 Å². The molecule has 1 aliphatic heterocycles. The summed E-state index contributed by atoms with van der Waals surface area (Å²) in [6.07, 6.45) is -0.244. The Morgan fingerprint density at radius 3 is 2.83 bits per heavy atom. The number of carbonyl (C=O) groups excluding carboxylic acids is 2. The van der Waals surface area contributed by atoms with E-state index in [1.54, 1.807) is 4.90 Å². The van der Waals surface area contributed by atoms with Crippen LogP contribution < -0.4 is 15.8 Å². The van der Waals surface area contributed by atoms with Gasteiger partial charge in [0, 0.05) is 32.6 Å². The van der Waals surface area contributed by atoms with Crippen molar-refractivity contribution in [1.82, 2.24) is 10.2 Å². The van der Waals surface area contributed by atoms with E-state index in [-0.39, 0.29) is 30.3 Å². The van der Waals surface area contributed by atoms with Gasteiger partial charge in [0.15, 0.2) is 0 Å². The Labute approximate surface area is 151 Å². The maximum atomic E-state index is 12.7. The summed E-state index contributed by atoms with van der Waals surface area (Å²) >= 11 is 6.02. The smallest absolute Gasteiger partial charge is 0.257 e. The molecule has 0 aliphatic carbocycles. The Balaban J connectivity index is 0.00000288. The van der Waals surface area contributed by atoms with E-state index in [4.69, 9.17) is 26.8 Å². The number of hydrogen-bond donors (Lipinski definition) is 2. The molecule has 7 nitrogen and oxygen atoms in total. The number of ether oxygens (including phenoxy) is 2. The van der Waals surface area contributed by atoms with Crippen LogP contribution in [-0.2, 0) is 9.53 Å². The zero-order chi connectivity index (χ0) is 17.0. The van der Waals surface area contributed by atoms with Crippen molar-refractivity contribution in [3.63, 3.8) is 0 Å². The number of anilines is 1. The summed E-state index contributed by atoms with van der Waals surface area (Å²) in [5.74, 6) is 0.0331. The molecule has 0 aromatic heterocycles. The lowest BCUT2D eigenvalue weighted by molar-refractivity contribution is -0.120. The highest BCUT2D eigenvalue weighted by Crippen LogP contribution is 2.30. The van der Waals surface area contributed by atoms with Gasteiger partial charge < -0.3 is 25.4 Å². The van der Waals surface area contributed by atoms with Crippen LogP contribution in [0.25, 0.3) is 0 Å². The molecule has 2 amide bonds. The van der Waals surface area contributed by atoms with Crippen LogP contribution in [0, 0.1) is 0 Å². The standard InChI is InChI=1S/C15H20ClN3O4.ClH/c1-9(20)18-7-10-8-19(3-4-23-10)15(21)11-5-12(16)13(17)6-14(11)22-2;/h5-6,10H,3-4,7-8,17H2,1-2H3,(H,18,20);1H. The highest BCUT2D eigenvalue weighted by molar-refractivity contribution is 6.33. The number of rotatable bonds is 4. The van der Waals surface area contributed by atoms with Crippen LogP contribution in [0.5, 0.6) is 5.75 Å². The molecular weight excluding hydrogens is 357 g/mol. The summed E-state index contributed by atoms with van der Waals surface area (Å²) in [6, 6.07) is 3.04. The van der Waals surface area contributed by atoms with E-state index in [9.17, 15) is 9.59 Å². The molecule has 1 aromatic rings. The molecular formula is C15H21Cl2N3O4. The van der Waals surface area contributed by atoms with E-state index in [0.717, 1.165) is 0 Å².